The highest BCUT2D eigenvalue weighted by molar-refractivity contribution is 5.81. The van der Waals surface area contributed by atoms with Crippen LogP contribution in [0.5, 0.6) is 0 Å². The van der Waals surface area contributed by atoms with Crippen LogP contribution in [-0.2, 0) is 9.53 Å². The Balaban J connectivity index is 1.93. The number of furan rings is 1. The zero-order valence-corrected chi connectivity index (χ0v) is 9.76. The topological polar surface area (TPSA) is 71.7 Å². The average molecular weight is 239 g/mol. The first-order valence-corrected chi connectivity index (χ1v) is 5.81. The summed E-state index contributed by atoms with van der Waals surface area (Å²) >= 11 is 0. The number of rotatable bonds is 4. The van der Waals surface area contributed by atoms with E-state index in [1.807, 2.05) is 6.92 Å². The Morgan fingerprint density at radius 1 is 1.65 bits per heavy atom. The second-order valence-corrected chi connectivity index (χ2v) is 4.27. The van der Waals surface area contributed by atoms with Crippen molar-refractivity contribution in [3.8, 4) is 0 Å². The van der Waals surface area contributed by atoms with Gasteiger partial charge < -0.3 is 19.6 Å². The van der Waals surface area contributed by atoms with Gasteiger partial charge in [0.15, 0.2) is 0 Å². The molecule has 1 aliphatic rings. The first-order valence-electron chi connectivity index (χ1n) is 5.81. The zero-order valence-electron chi connectivity index (χ0n) is 9.76. The van der Waals surface area contributed by atoms with E-state index in [1.54, 1.807) is 12.1 Å². The van der Waals surface area contributed by atoms with Crippen LogP contribution in [0.25, 0.3) is 0 Å². The van der Waals surface area contributed by atoms with E-state index in [2.05, 4.69) is 5.32 Å². The van der Waals surface area contributed by atoms with Gasteiger partial charge in [-0.15, -0.1) is 0 Å². The summed E-state index contributed by atoms with van der Waals surface area (Å²) in [5, 5.41) is 11.9. The molecule has 1 saturated heterocycles. The lowest BCUT2D eigenvalue weighted by molar-refractivity contribution is -0.133. The van der Waals surface area contributed by atoms with Gasteiger partial charge >= 0.3 is 0 Å². The van der Waals surface area contributed by atoms with Crippen molar-refractivity contribution in [2.45, 2.75) is 38.0 Å². The molecule has 0 saturated carbocycles. The third kappa shape index (κ3) is 2.87. The van der Waals surface area contributed by atoms with Gasteiger partial charge in [0.05, 0.1) is 19.0 Å². The molecular formula is C12H17NO4. The Hall–Kier alpha value is -1.33. The van der Waals surface area contributed by atoms with Crippen molar-refractivity contribution in [3.63, 3.8) is 0 Å². The quantitative estimate of drug-likeness (QED) is 0.822. The molecule has 5 heteroatoms. The molecule has 5 nitrogen and oxygen atoms in total. The lowest BCUT2D eigenvalue weighted by Gasteiger charge is -2.17. The number of hydrogen-bond acceptors (Lipinski definition) is 4. The van der Waals surface area contributed by atoms with Gasteiger partial charge in [-0.3, -0.25) is 4.79 Å². The highest BCUT2D eigenvalue weighted by Crippen LogP contribution is 2.20. The molecule has 0 aliphatic carbocycles. The van der Waals surface area contributed by atoms with Crippen LogP contribution in [-0.4, -0.2) is 29.8 Å². The van der Waals surface area contributed by atoms with Gasteiger partial charge in [-0.2, -0.15) is 0 Å². The van der Waals surface area contributed by atoms with Crippen LogP contribution in [0.15, 0.2) is 22.8 Å². The van der Waals surface area contributed by atoms with Crippen LogP contribution in [0.3, 0.4) is 0 Å². The summed E-state index contributed by atoms with van der Waals surface area (Å²) in [5.41, 5.74) is 0. The molecule has 17 heavy (non-hydrogen) atoms. The second kappa shape index (κ2) is 5.33. The van der Waals surface area contributed by atoms with Crippen molar-refractivity contribution < 1.29 is 19.1 Å². The van der Waals surface area contributed by atoms with E-state index >= 15 is 0 Å². The van der Waals surface area contributed by atoms with Crippen LogP contribution >= 0.6 is 0 Å². The van der Waals surface area contributed by atoms with Crippen molar-refractivity contribution in [1.29, 1.82) is 0 Å². The third-order valence-corrected chi connectivity index (χ3v) is 2.91. The first kappa shape index (κ1) is 12.1. The summed E-state index contributed by atoms with van der Waals surface area (Å²) in [6, 6.07) is 2.94. The van der Waals surface area contributed by atoms with E-state index < -0.39 is 12.1 Å². The van der Waals surface area contributed by atoms with Crippen LogP contribution in [0.2, 0.25) is 0 Å². The van der Waals surface area contributed by atoms with Crippen LogP contribution in [0.1, 0.15) is 31.6 Å². The molecular weight excluding hydrogens is 222 g/mol. The Morgan fingerprint density at radius 3 is 3.00 bits per heavy atom. The number of nitrogens with one attached hydrogen (secondary N) is 1. The van der Waals surface area contributed by atoms with Gasteiger partial charge in [0.1, 0.15) is 17.9 Å². The molecule has 0 bridgehead atoms. The van der Waals surface area contributed by atoms with Crippen molar-refractivity contribution >= 4 is 5.91 Å². The lowest BCUT2D eigenvalue weighted by atomic mass is 10.1. The van der Waals surface area contributed by atoms with Crippen LogP contribution in [0.4, 0.5) is 0 Å². The predicted octanol–water partition coefficient (Wildman–Crippen LogP) is 0.997. The SMILES string of the molecule is CC1CCC(C(=O)NC(CO)c2ccco2)O1. The van der Waals surface area contributed by atoms with E-state index in [1.165, 1.54) is 6.26 Å². The Bertz CT molecular complexity index is 363. The summed E-state index contributed by atoms with van der Waals surface area (Å²) in [6.45, 7) is 1.75. The molecule has 1 aromatic rings. The summed E-state index contributed by atoms with van der Waals surface area (Å²) in [4.78, 5) is 11.9. The van der Waals surface area contributed by atoms with Crippen molar-refractivity contribution in [2.75, 3.05) is 6.61 Å². The van der Waals surface area contributed by atoms with Gasteiger partial charge in [-0.25, -0.2) is 0 Å². The molecule has 1 amide bonds. The molecule has 0 radical (unpaired) electrons. The fraction of sp³-hybridized carbons (Fsp3) is 0.583. The van der Waals surface area contributed by atoms with E-state index in [-0.39, 0.29) is 18.6 Å². The number of amides is 1. The molecule has 2 rings (SSSR count). The number of carbonyl (C=O) groups is 1. The highest BCUT2D eigenvalue weighted by Gasteiger charge is 2.30. The zero-order chi connectivity index (χ0) is 12.3. The lowest BCUT2D eigenvalue weighted by Crippen LogP contribution is -2.38. The molecule has 3 atom stereocenters. The standard InChI is InChI=1S/C12H17NO4/c1-8-4-5-11(17-8)12(15)13-9(7-14)10-3-2-6-16-10/h2-3,6,8-9,11,14H,4-5,7H2,1H3,(H,13,15). The van der Waals surface area contributed by atoms with Gasteiger partial charge in [-0.1, -0.05) is 0 Å². The van der Waals surface area contributed by atoms with E-state index in [4.69, 9.17) is 9.15 Å². The van der Waals surface area contributed by atoms with Crippen LogP contribution in [0, 0.1) is 0 Å². The summed E-state index contributed by atoms with van der Waals surface area (Å²) in [6.07, 6.45) is 2.85. The number of ether oxygens (including phenoxy) is 1. The van der Waals surface area contributed by atoms with Gasteiger partial charge in [0.25, 0.3) is 0 Å². The Morgan fingerprint density at radius 2 is 2.47 bits per heavy atom. The van der Waals surface area contributed by atoms with E-state index in [0.717, 1.165) is 12.8 Å². The number of aliphatic hydroxyl groups excluding tert-OH is 1. The molecule has 1 aromatic heterocycles. The molecule has 2 heterocycles. The summed E-state index contributed by atoms with van der Waals surface area (Å²) in [7, 11) is 0. The molecule has 3 unspecified atom stereocenters. The Labute approximate surface area is 99.8 Å². The fourth-order valence-corrected chi connectivity index (χ4v) is 1.96. The van der Waals surface area contributed by atoms with Gasteiger partial charge in [-0.05, 0) is 31.9 Å². The normalized spacial score (nSPS) is 25.8. The third-order valence-electron chi connectivity index (χ3n) is 2.91. The highest BCUT2D eigenvalue weighted by atomic mass is 16.5. The molecule has 2 N–H and O–H groups in total. The summed E-state index contributed by atoms with van der Waals surface area (Å²) < 4.78 is 10.6. The molecule has 94 valence electrons. The maximum atomic E-state index is 11.9. The van der Waals surface area contributed by atoms with Crippen molar-refractivity contribution in [2.24, 2.45) is 0 Å². The molecule has 0 aromatic carbocycles. The first-order chi connectivity index (χ1) is 8.20. The summed E-state index contributed by atoms with van der Waals surface area (Å²) in [5.74, 6) is 0.358. The predicted molar refractivity (Wildman–Crippen MR) is 60.2 cm³/mol. The fourth-order valence-electron chi connectivity index (χ4n) is 1.96. The molecule has 1 aliphatic heterocycles. The average Bonchev–Trinajstić information content (AvgIpc) is 2.96. The number of aliphatic hydroxyl groups is 1. The largest absolute Gasteiger partial charge is 0.467 e. The van der Waals surface area contributed by atoms with E-state index in [0.29, 0.717) is 5.76 Å². The second-order valence-electron chi connectivity index (χ2n) is 4.27. The smallest absolute Gasteiger partial charge is 0.249 e. The van der Waals surface area contributed by atoms with Gasteiger partial charge in [0, 0.05) is 0 Å². The van der Waals surface area contributed by atoms with Crippen molar-refractivity contribution in [1.82, 2.24) is 5.32 Å². The molecule has 0 spiro atoms. The van der Waals surface area contributed by atoms with Crippen molar-refractivity contribution in [3.05, 3.63) is 24.2 Å². The van der Waals surface area contributed by atoms with Crippen LogP contribution < -0.4 is 5.32 Å². The van der Waals surface area contributed by atoms with Gasteiger partial charge in [0.2, 0.25) is 5.91 Å². The maximum Gasteiger partial charge on any atom is 0.249 e. The minimum atomic E-state index is -0.503. The van der Waals surface area contributed by atoms with E-state index in [9.17, 15) is 9.90 Å². The number of hydrogen-bond donors (Lipinski definition) is 2. The Kier molecular flexibility index (Phi) is 3.81. The minimum Gasteiger partial charge on any atom is -0.467 e. The minimum absolute atomic E-state index is 0.127. The maximum absolute atomic E-state index is 11.9. The monoisotopic (exact) mass is 239 g/mol. The number of carbonyl (C=O) groups excluding carboxylic acids is 1. The molecule has 1 fully saturated rings.